The summed E-state index contributed by atoms with van der Waals surface area (Å²) in [7, 11) is 0. The van der Waals surface area contributed by atoms with E-state index >= 15 is 0 Å². The third-order valence-electron chi connectivity index (χ3n) is 5.18. The largest absolute Gasteiger partial charge is 0.454 e. The number of aromatic amines is 1. The molecule has 0 radical (unpaired) electrons. The molecule has 150 valence electrons. The van der Waals surface area contributed by atoms with Gasteiger partial charge in [0.1, 0.15) is 5.82 Å². The van der Waals surface area contributed by atoms with Gasteiger partial charge >= 0.3 is 0 Å². The Labute approximate surface area is 173 Å². The molecule has 0 saturated carbocycles. The van der Waals surface area contributed by atoms with Crippen LogP contribution in [0.25, 0.3) is 11.0 Å². The van der Waals surface area contributed by atoms with Crippen LogP contribution in [0.5, 0.6) is 11.5 Å². The van der Waals surface area contributed by atoms with E-state index < -0.39 is 0 Å². The molecule has 5 rings (SSSR count). The fourth-order valence-corrected chi connectivity index (χ4v) is 3.55. The molecule has 0 bridgehead atoms. The van der Waals surface area contributed by atoms with Crippen molar-refractivity contribution in [1.82, 2.24) is 9.97 Å². The third kappa shape index (κ3) is 3.72. The lowest BCUT2D eigenvalue weighted by atomic mass is 10.1. The maximum Gasteiger partial charge on any atom is 0.255 e. The molecule has 0 spiro atoms. The molecule has 0 saturated heterocycles. The van der Waals surface area contributed by atoms with Gasteiger partial charge in [0, 0.05) is 17.7 Å². The van der Waals surface area contributed by atoms with Crippen molar-refractivity contribution in [2.75, 3.05) is 12.1 Å². The molecule has 1 amide bonds. The van der Waals surface area contributed by atoms with E-state index in [1.54, 1.807) is 18.2 Å². The summed E-state index contributed by atoms with van der Waals surface area (Å²) < 4.78 is 10.6. The molecule has 2 heterocycles. The van der Waals surface area contributed by atoms with E-state index in [0.717, 1.165) is 35.4 Å². The second-order valence-corrected chi connectivity index (χ2v) is 7.42. The van der Waals surface area contributed by atoms with Crippen LogP contribution in [0, 0.1) is 6.92 Å². The smallest absolute Gasteiger partial charge is 0.255 e. The molecule has 2 N–H and O–H groups in total. The SMILES string of the molecule is Cc1ccc2nc(CCc3ccc(NC(=O)c4ccc5c(c4)OCO5)cc3)[nH]c2c1. The summed E-state index contributed by atoms with van der Waals surface area (Å²) in [6.07, 6.45) is 1.70. The first kappa shape index (κ1) is 18.2. The lowest BCUT2D eigenvalue weighted by molar-refractivity contribution is 0.102. The number of rotatable bonds is 5. The van der Waals surface area contributed by atoms with E-state index in [0.29, 0.717) is 17.1 Å². The third-order valence-corrected chi connectivity index (χ3v) is 5.18. The van der Waals surface area contributed by atoms with Crippen LogP contribution in [0.1, 0.15) is 27.3 Å². The normalized spacial score (nSPS) is 12.3. The summed E-state index contributed by atoms with van der Waals surface area (Å²) in [4.78, 5) is 20.5. The van der Waals surface area contributed by atoms with Crippen molar-refractivity contribution in [3.05, 3.63) is 83.2 Å². The van der Waals surface area contributed by atoms with E-state index in [1.807, 2.05) is 30.3 Å². The van der Waals surface area contributed by atoms with Crippen LogP contribution in [0.15, 0.2) is 60.7 Å². The van der Waals surface area contributed by atoms with Gasteiger partial charge in [0.25, 0.3) is 5.91 Å². The number of aromatic nitrogens is 2. The molecule has 6 heteroatoms. The van der Waals surface area contributed by atoms with Gasteiger partial charge < -0.3 is 19.8 Å². The Morgan fingerprint density at radius 1 is 1.00 bits per heavy atom. The first-order chi connectivity index (χ1) is 14.6. The van der Waals surface area contributed by atoms with Crippen molar-refractivity contribution in [3.8, 4) is 11.5 Å². The Morgan fingerprint density at radius 3 is 2.70 bits per heavy atom. The van der Waals surface area contributed by atoms with Crippen molar-refractivity contribution in [2.45, 2.75) is 19.8 Å². The minimum Gasteiger partial charge on any atom is -0.454 e. The molecule has 0 fully saturated rings. The molecule has 1 aliphatic heterocycles. The number of H-pyrrole nitrogens is 1. The van der Waals surface area contributed by atoms with E-state index in [1.165, 1.54) is 11.1 Å². The van der Waals surface area contributed by atoms with Crippen molar-refractivity contribution in [1.29, 1.82) is 0 Å². The van der Waals surface area contributed by atoms with Gasteiger partial charge in [-0.1, -0.05) is 18.2 Å². The maximum atomic E-state index is 12.5. The van der Waals surface area contributed by atoms with Gasteiger partial charge in [-0.25, -0.2) is 4.98 Å². The van der Waals surface area contributed by atoms with Crippen LogP contribution >= 0.6 is 0 Å². The minimum atomic E-state index is -0.182. The predicted molar refractivity (Wildman–Crippen MR) is 115 cm³/mol. The Morgan fingerprint density at radius 2 is 1.83 bits per heavy atom. The van der Waals surface area contributed by atoms with Crippen LogP contribution in [-0.2, 0) is 12.8 Å². The highest BCUT2D eigenvalue weighted by atomic mass is 16.7. The number of hydrogen-bond acceptors (Lipinski definition) is 4. The first-order valence-electron chi connectivity index (χ1n) is 9.89. The summed E-state index contributed by atoms with van der Waals surface area (Å²) in [5.74, 6) is 2.06. The zero-order valence-corrected chi connectivity index (χ0v) is 16.6. The van der Waals surface area contributed by atoms with Gasteiger partial charge in [0.15, 0.2) is 11.5 Å². The lowest BCUT2D eigenvalue weighted by Gasteiger charge is -2.07. The number of aryl methyl sites for hydroxylation is 3. The number of nitrogens with zero attached hydrogens (tertiary/aromatic N) is 1. The number of benzene rings is 3. The Balaban J connectivity index is 1.21. The second kappa shape index (κ2) is 7.55. The molecule has 0 atom stereocenters. The summed E-state index contributed by atoms with van der Waals surface area (Å²) in [6, 6.07) is 19.3. The number of fused-ring (bicyclic) bond motifs is 2. The Bertz CT molecular complexity index is 1230. The maximum absolute atomic E-state index is 12.5. The average Bonchev–Trinajstić information content (AvgIpc) is 3.38. The highest BCUT2D eigenvalue weighted by Gasteiger charge is 2.16. The number of hydrogen-bond donors (Lipinski definition) is 2. The molecule has 1 aromatic heterocycles. The zero-order valence-electron chi connectivity index (χ0n) is 16.6. The molecule has 30 heavy (non-hydrogen) atoms. The van der Waals surface area contributed by atoms with Gasteiger partial charge in [0.05, 0.1) is 11.0 Å². The van der Waals surface area contributed by atoms with Crippen molar-refractivity contribution >= 4 is 22.6 Å². The summed E-state index contributed by atoms with van der Waals surface area (Å²) in [5, 5.41) is 2.92. The van der Waals surface area contributed by atoms with Gasteiger partial charge in [-0.05, 0) is 66.9 Å². The highest BCUT2D eigenvalue weighted by Crippen LogP contribution is 2.32. The van der Waals surface area contributed by atoms with Crippen molar-refractivity contribution in [2.24, 2.45) is 0 Å². The first-order valence-corrected chi connectivity index (χ1v) is 9.89. The molecule has 6 nitrogen and oxygen atoms in total. The number of amides is 1. The molecule has 4 aromatic rings. The van der Waals surface area contributed by atoms with Crippen molar-refractivity contribution in [3.63, 3.8) is 0 Å². The Kier molecular flexibility index (Phi) is 4.59. The number of carbonyl (C=O) groups excluding carboxylic acids is 1. The molecule has 3 aromatic carbocycles. The molecule has 1 aliphatic rings. The average molecular weight is 399 g/mol. The highest BCUT2D eigenvalue weighted by molar-refractivity contribution is 6.04. The van der Waals surface area contributed by atoms with Gasteiger partial charge in [-0.15, -0.1) is 0 Å². The van der Waals surface area contributed by atoms with Crippen LogP contribution in [0.2, 0.25) is 0 Å². The molecule has 0 aliphatic carbocycles. The topological polar surface area (TPSA) is 76.2 Å². The van der Waals surface area contributed by atoms with Gasteiger partial charge in [0.2, 0.25) is 6.79 Å². The monoisotopic (exact) mass is 399 g/mol. The second-order valence-electron chi connectivity index (χ2n) is 7.42. The van der Waals surface area contributed by atoms with Crippen LogP contribution in [-0.4, -0.2) is 22.7 Å². The summed E-state index contributed by atoms with van der Waals surface area (Å²) in [6.45, 7) is 2.27. The minimum absolute atomic E-state index is 0.182. The van der Waals surface area contributed by atoms with Crippen LogP contribution in [0.3, 0.4) is 0 Å². The fourth-order valence-electron chi connectivity index (χ4n) is 3.55. The zero-order chi connectivity index (χ0) is 20.5. The molecular weight excluding hydrogens is 378 g/mol. The summed E-state index contributed by atoms with van der Waals surface area (Å²) >= 11 is 0. The van der Waals surface area contributed by atoms with E-state index in [4.69, 9.17) is 9.47 Å². The molecular formula is C24H21N3O3. The standard InChI is InChI=1S/C24H21N3O3/c1-15-2-9-19-20(12-15)27-23(26-19)11-5-16-3-7-18(8-4-16)25-24(28)17-6-10-21-22(13-17)30-14-29-21/h2-4,6-10,12-13H,5,11,14H2,1H3,(H,25,28)(H,26,27). The van der Waals surface area contributed by atoms with E-state index in [9.17, 15) is 4.79 Å². The number of nitrogens with one attached hydrogen (secondary N) is 2. The number of imidazole rings is 1. The number of ether oxygens (including phenoxy) is 2. The van der Waals surface area contributed by atoms with Crippen LogP contribution in [0.4, 0.5) is 5.69 Å². The Hall–Kier alpha value is -3.80. The van der Waals surface area contributed by atoms with Crippen molar-refractivity contribution < 1.29 is 14.3 Å². The van der Waals surface area contributed by atoms with E-state index in [-0.39, 0.29) is 12.7 Å². The lowest BCUT2D eigenvalue weighted by Crippen LogP contribution is -2.11. The fraction of sp³-hybridized carbons (Fsp3) is 0.167. The molecule has 0 unspecified atom stereocenters. The summed E-state index contributed by atoms with van der Waals surface area (Å²) in [5.41, 5.74) is 5.76. The van der Waals surface area contributed by atoms with Crippen LogP contribution < -0.4 is 14.8 Å². The van der Waals surface area contributed by atoms with Gasteiger partial charge in [-0.2, -0.15) is 0 Å². The quantitative estimate of drug-likeness (QED) is 0.513. The predicted octanol–water partition coefficient (Wildman–Crippen LogP) is 4.64. The number of carbonyl (C=O) groups is 1. The van der Waals surface area contributed by atoms with Gasteiger partial charge in [-0.3, -0.25) is 4.79 Å². The van der Waals surface area contributed by atoms with E-state index in [2.05, 4.69) is 34.3 Å². The number of anilines is 1.